The smallest absolute Gasteiger partial charge is 0.336 e. The number of rotatable bonds is 5. The highest BCUT2D eigenvalue weighted by molar-refractivity contribution is 9.10. The van der Waals surface area contributed by atoms with E-state index in [-0.39, 0.29) is 0 Å². The SMILES string of the molecule is CNCCCc1ccc(Br)cc1C(=O)O. The fourth-order valence-electron chi connectivity index (χ4n) is 1.42. The third kappa shape index (κ3) is 3.64. The van der Waals surface area contributed by atoms with Crippen LogP contribution < -0.4 is 5.32 Å². The molecule has 0 saturated carbocycles. The summed E-state index contributed by atoms with van der Waals surface area (Å²) in [5.41, 5.74) is 1.28. The molecule has 0 spiro atoms. The number of hydrogen-bond donors (Lipinski definition) is 2. The number of halogens is 1. The highest BCUT2D eigenvalue weighted by Crippen LogP contribution is 2.18. The minimum absolute atomic E-state index is 0.389. The quantitative estimate of drug-likeness (QED) is 0.808. The summed E-state index contributed by atoms with van der Waals surface area (Å²) in [6.07, 6.45) is 1.73. The summed E-state index contributed by atoms with van der Waals surface area (Å²) in [6, 6.07) is 5.39. The van der Waals surface area contributed by atoms with Crippen molar-refractivity contribution >= 4 is 21.9 Å². The van der Waals surface area contributed by atoms with Crippen molar-refractivity contribution in [1.29, 1.82) is 0 Å². The monoisotopic (exact) mass is 271 g/mol. The summed E-state index contributed by atoms with van der Waals surface area (Å²) in [5, 5.41) is 12.1. The standard InChI is InChI=1S/C11H14BrNO2/c1-13-6-2-3-8-4-5-9(12)7-10(8)11(14)15/h4-5,7,13H,2-3,6H2,1H3,(H,14,15). The molecule has 0 aliphatic heterocycles. The van der Waals surface area contributed by atoms with E-state index in [1.54, 1.807) is 6.07 Å². The molecule has 82 valence electrons. The second kappa shape index (κ2) is 5.88. The van der Waals surface area contributed by atoms with Crippen molar-refractivity contribution in [3.8, 4) is 0 Å². The van der Waals surface area contributed by atoms with Crippen LogP contribution in [0.4, 0.5) is 0 Å². The van der Waals surface area contributed by atoms with Gasteiger partial charge < -0.3 is 10.4 Å². The average Bonchev–Trinajstić information content (AvgIpc) is 2.20. The predicted octanol–water partition coefficient (Wildman–Crippen LogP) is 2.30. The molecule has 1 aromatic carbocycles. The number of aryl methyl sites for hydroxylation is 1. The van der Waals surface area contributed by atoms with Crippen molar-refractivity contribution < 1.29 is 9.90 Å². The zero-order valence-corrected chi connectivity index (χ0v) is 10.2. The van der Waals surface area contributed by atoms with Crippen LogP contribution in [-0.4, -0.2) is 24.7 Å². The van der Waals surface area contributed by atoms with Crippen LogP contribution in [0.25, 0.3) is 0 Å². The van der Waals surface area contributed by atoms with Gasteiger partial charge in [0.2, 0.25) is 0 Å². The average molecular weight is 272 g/mol. The second-order valence-corrected chi connectivity index (χ2v) is 4.23. The minimum Gasteiger partial charge on any atom is -0.478 e. The van der Waals surface area contributed by atoms with E-state index in [1.807, 2.05) is 19.2 Å². The van der Waals surface area contributed by atoms with Gasteiger partial charge in [-0.3, -0.25) is 0 Å². The van der Waals surface area contributed by atoms with Gasteiger partial charge in [-0.25, -0.2) is 4.79 Å². The molecule has 0 fully saturated rings. The van der Waals surface area contributed by atoms with E-state index in [2.05, 4.69) is 21.2 Å². The van der Waals surface area contributed by atoms with Gasteiger partial charge in [0.15, 0.2) is 0 Å². The Hall–Kier alpha value is -0.870. The number of hydrogen-bond acceptors (Lipinski definition) is 2. The van der Waals surface area contributed by atoms with E-state index in [9.17, 15) is 4.79 Å². The van der Waals surface area contributed by atoms with Crippen LogP contribution >= 0.6 is 15.9 Å². The molecular formula is C11H14BrNO2. The van der Waals surface area contributed by atoms with Gasteiger partial charge in [-0.05, 0) is 44.1 Å². The van der Waals surface area contributed by atoms with E-state index < -0.39 is 5.97 Å². The van der Waals surface area contributed by atoms with E-state index in [0.717, 1.165) is 29.4 Å². The molecular weight excluding hydrogens is 258 g/mol. The molecule has 0 bridgehead atoms. The maximum atomic E-state index is 11.0. The van der Waals surface area contributed by atoms with Crippen LogP contribution in [0.1, 0.15) is 22.3 Å². The summed E-state index contributed by atoms with van der Waals surface area (Å²) >= 11 is 3.27. The van der Waals surface area contributed by atoms with Gasteiger partial charge in [-0.1, -0.05) is 22.0 Å². The topological polar surface area (TPSA) is 49.3 Å². The first-order valence-electron chi connectivity index (χ1n) is 4.81. The van der Waals surface area contributed by atoms with Gasteiger partial charge in [0.05, 0.1) is 5.56 Å². The van der Waals surface area contributed by atoms with Crippen LogP contribution in [0.3, 0.4) is 0 Å². The summed E-state index contributed by atoms with van der Waals surface area (Å²) in [5.74, 6) is -0.865. The molecule has 0 aromatic heterocycles. The minimum atomic E-state index is -0.865. The molecule has 0 radical (unpaired) electrons. The first-order chi connectivity index (χ1) is 7.15. The van der Waals surface area contributed by atoms with Gasteiger partial charge in [0, 0.05) is 4.47 Å². The molecule has 0 unspecified atom stereocenters. The van der Waals surface area contributed by atoms with Crippen LogP contribution in [0.5, 0.6) is 0 Å². The summed E-state index contributed by atoms with van der Waals surface area (Å²) in [6.45, 7) is 0.898. The lowest BCUT2D eigenvalue weighted by molar-refractivity contribution is 0.0695. The van der Waals surface area contributed by atoms with Crippen molar-refractivity contribution in [2.45, 2.75) is 12.8 Å². The fourth-order valence-corrected chi connectivity index (χ4v) is 1.78. The first kappa shape index (κ1) is 12.2. The van der Waals surface area contributed by atoms with E-state index >= 15 is 0 Å². The molecule has 2 N–H and O–H groups in total. The van der Waals surface area contributed by atoms with Crippen molar-refractivity contribution in [1.82, 2.24) is 5.32 Å². The van der Waals surface area contributed by atoms with E-state index in [4.69, 9.17) is 5.11 Å². The maximum Gasteiger partial charge on any atom is 0.336 e. The first-order valence-corrected chi connectivity index (χ1v) is 5.60. The zero-order chi connectivity index (χ0) is 11.3. The van der Waals surface area contributed by atoms with Crippen molar-refractivity contribution in [3.05, 3.63) is 33.8 Å². The van der Waals surface area contributed by atoms with Crippen LogP contribution in [0.15, 0.2) is 22.7 Å². The van der Waals surface area contributed by atoms with Crippen LogP contribution in [-0.2, 0) is 6.42 Å². The van der Waals surface area contributed by atoms with E-state index in [0.29, 0.717) is 5.56 Å². The third-order valence-corrected chi connectivity index (χ3v) is 2.67. The van der Waals surface area contributed by atoms with Crippen LogP contribution in [0.2, 0.25) is 0 Å². The normalized spacial score (nSPS) is 10.3. The molecule has 0 saturated heterocycles. The lowest BCUT2D eigenvalue weighted by Crippen LogP contribution is -2.10. The Morgan fingerprint density at radius 2 is 2.27 bits per heavy atom. The maximum absolute atomic E-state index is 11.0. The van der Waals surface area contributed by atoms with Gasteiger partial charge in [-0.15, -0.1) is 0 Å². The molecule has 4 heteroatoms. The number of carbonyl (C=O) groups is 1. The van der Waals surface area contributed by atoms with Crippen molar-refractivity contribution in [3.63, 3.8) is 0 Å². The Morgan fingerprint density at radius 3 is 2.87 bits per heavy atom. The second-order valence-electron chi connectivity index (χ2n) is 3.31. The molecule has 0 atom stereocenters. The Morgan fingerprint density at radius 1 is 1.53 bits per heavy atom. The molecule has 0 aliphatic carbocycles. The molecule has 0 aliphatic rings. The zero-order valence-electron chi connectivity index (χ0n) is 8.59. The summed E-state index contributed by atoms with van der Waals surface area (Å²) in [7, 11) is 1.89. The largest absolute Gasteiger partial charge is 0.478 e. The number of carboxylic acid groups (broad SMARTS) is 1. The lowest BCUT2D eigenvalue weighted by atomic mass is 10.0. The fraction of sp³-hybridized carbons (Fsp3) is 0.364. The van der Waals surface area contributed by atoms with Gasteiger partial charge in [0.1, 0.15) is 0 Å². The highest BCUT2D eigenvalue weighted by atomic mass is 79.9. The molecule has 3 nitrogen and oxygen atoms in total. The highest BCUT2D eigenvalue weighted by Gasteiger charge is 2.09. The number of carboxylic acids is 1. The van der Waals surface area contributed by atoms with Crippen molar-refractivity contribution in [2.24, 2.45) is 0 Å². The molecule has 0 heterocycles. The van der Waals surface area contributed by atoms with Gasteiger partial charge in [-0.2, -0.15) is 0 Å². The van der Waals surface area contributed by atoms with Crippen molar-refractivity contribution in [2.75, 3.05) is 13.6 Å². The molecule has 15 heavy (non-hydrogen) atoms. The van der Waals surface area contributed by atoms with Crippen LogP contribution in [0, 0.1) is 0 Å². The Kier molecular flexibility index (Phi) is 4.78. The number of nitrogens with one attached hydrogen (secondary N) is 1. The Balaban J connectivity index is 2.81. The number of benzene rings is 1. The molecule has 1 rings (SSSR count). The third-order valence-electron chi connectivity index (χ3n) is 2.18. The molecule has 1 aromatic rings. The molecule has 0 amide bonds. The van der Waals surface area contributed by atoms with Gasteiger partial charge >= 0.3 is 5.97 Å². The number of aromatic carboxylic acids is 1. The Labute approximate surface area is 97.6 Å². The Bertz CT molecular complexity index is 352. The lowest BCUT2D eigenvalue weighted by Gasteiger charge is -2.06. The summed E-state index contributed by atoms with van der Waals surface area (Å²) < 4.78 is 0.803. The predicted molar refractivity (Wildman–Crippen MR) is 63.3 cm³/mol. The van der Waals surface area contributed by atoms with E-state index in [1.165, 1.54) is 0 Å². The van der Waals surface area contributed by atoms with Gasteiger partial charge in [0.25, 0.3) is 0 Å². The summed E-state index contributed by atoms with van der Waals surface area (Å²) in [4.78, 5) is 11.0.